The summed E-state index contributed by atoms with van der Waals surface area (Å²) in [7, 11) is 1.72. The fourth-order valence-corrected chi connectivity index (χ4v) is 3.26. The first-order chi connectivity index (χ1) is 12.3. The zero-order valence-corrected chi connectivity index (χ0v) is 14.6. The average Bonchev–Trinajstić information content (AvgIpc) is 2.68. The molecule has 1 aliphatic heterocycles. The number of rotatable bonds is 5. The molecule has 5 heteroatoms. The summed E-state index contributed by atoms with van der Waals surface area (Å²) in [6.07, 6.45) is 5.80. The third kappa shape index (κ3) is 4.79. The van der Waals surface area contributed by atoms with Crippen LogP contribution in [0.5, 0.6) is 0 Å². The van der Waals surface area contributed by atoms with E-state index in [1.807, 2.05) is 35.4 Å². The first kappa shape index (κ1) is 17.4. The second-order valence-electron chi connectivity index (χ2n) is 6.51. The number of hydrogen-bond donors (Lipinski definition) is 1. The Kier molecular flexibility index (Phi) is 6.01. The molecule has 2 amide bonds. The minimum Gasteiger partial charge on any atom is -0.384 e. The highest BCUT2D eigenvalue weighted by molar-refractivity contribution is 5.74. The Morgan fingerprint density at radius 2 is 2.12 bits per heavy atom. The van der Waals surface area contributed by atoms with Crippen LogP contribution in [0.15, 0.2) is 48.8 Å². The summed E-state index contributed by atoms with van der Waals surface area (Å²) in [6, 6.07) is 12.2. The summed E-state index contributed by atoms with van der Waals surface area (Å²) in [4.78, 5) is 18.4. The maximum Gasteiger partial charge on any atom is 0.317 e. The number of carbonyl (C=O) groups excluding carboxylic acids is 1. The third-order valence-corrected chi connectivity index (χ3v) is 4.60. The topological polar surface area (TPSA) is 54.5 Å². The molecule has 1 N–H and O–H groups in total. The third-order valence-electron chi connectivity index (χ3n) is 4.60. The van der Waals surface area contributed by atoms with E-state index in [4.69, 9.17) is 4.74 Å². The quantitative estimate of drug-likeness (QED) is 0.909. The number of piperidine rings is 1. The van der Waals surface area contributed by atoms with E-state index in [1.54, 1.807) is 13.3 Å². The fourth-order valence-electron chi connectivity index (χ4n) is 3.26. The van der Waals surface area contributed by atoms with Crippen molar-refractivity contribution in [2.45, 2.75) is 19.4 Å². The van der Waals surface area contributed by atoms with Gasteiger partial charge in [-0.1, -0.05) is 30.3 Å². The molecule has 1 saturated heterocycles. The summed E-state index contributed by atoms with van der Waals surface area (Å²) in [5.74, 6) is 0.447. The molecule has 1 atom stereocenters. The second-order valence-corrected chi connectivity index (χ2v) is 6.51. The summed E-state index contributed by atoms with van der Waals surface area (Å²) < 4.78 is 5.22. The number of carbonyl (C=O) groups is 1. The van der Waals surface area contributed by atoms with Gasteiger partial charge in [-0.3, -0.25) is 4.98 Å². The molecular weight excluding hydrogens is 314 g/mol. The molecule has 2 aromatic rings. The summed E-state index contributed by atoms with van der Waals surface area (Å²) in [5.41, 5.74) is 3.31. The highest BCUT2D eigenvalue weighted by atomic mass is 16.5. The number of aromatic nitrogens is 1. The van der Waals surface area contributed by atoms with Crippen molar-refractivity contribution in [3.8, 4) is 11.1 Å². The standard InChI is InChI=1S/C20H25N3O2/c1-25-15-17-4-3-11-23(14-17)20(24)22-12-16-6-8-18(9-7-16)19-5-2-10-21-13-19/h2,5-10,13,17H,3-4,11-12,14-15H2,1H3,(H,22,24)/t17-/m0/s1. The number of nitrogens with one attached hydrogen (secondary N) is 1. The number of nitrogens with zero attached hydrogens (tertiary/aromatic N) is 2. The van der Waals surface area contributed by atoms with E-state index >= 15 is 0 Å². The molecule has 1 aromatic carbocycles. The molecular formula is C20H25N3O2. The lowest BCUT2D eigenvalue weighted by atomic mass is 9.99. The monoisotopic (exact) mass is 339 g/mol. The van der Waals surface area contributed by atoms with Gasteiger partial charge in [-0.2, -0.15) is 0 Å². The highest BCUT2D eigenvalue weighted by Gasteiger charge is 2.23. The Hall–Kier alpha value is -2.40. The zero-order chi connectivity index (χ0) is 17.5. The molecule has 0 unspecified atom stereocenters. The summed E-state index contributed by atoms with van der Waals surface area (Å²) >= 11 is 0. The SMILES string of the molecule is COC[C@H]1CCCN(C(=O)NCc2ccc(-c3cccnc3)cc2)C1. The second kappa shape index (κ2) is 8.62. The first-order valence-electron chi connectivity index (χ1n) is 8.77. The number of benzene rings is 1. The predicted molar refractivity (Wildman–Crippen MR) is 98.1 cm³/mol. The Labute approximate surface area is 149 Å². The van der Waals surface area contributed by atoms with E-state index in [-0.39, 0.29) is 6.03 Å². The van der Waals surface area contributed by atoms with Crippen LogP contribution in [0, 0.1) is 5.92 Å². The van der Waals surface area contributed by atoms with E-state index < -0.39 is 0 Å². The number of urea groups is 1. The van der Waals surface area contributed by atoms with Gasteiger partial charge in [0, 0.05) is 45.1 Å². The van der Waals surface area contributed by atoms with Gasteiger partial charge >= 0.3 is 6.03 Å². The Morgan fingerprint density at radius 3 is 2.84 bits per heavy atom. The van der Waals surface area contributed by atoms with Crippen LogP contribution >= 0.6 is 0 Å². The lowest BCUT2D eigenvalue weighted by Gasteiger charge is -2.32. The van der Waals surface area contributed by atoms with E-state index in [9.17, 15) is 4.79 Å². The Morgan fingerprint density at radius 1 is 1.28 bits per heavy atom. The molecule has 0 saturated carbocycles. The predicted octanol–water partition coefficient (Wildman–Crippen LogP) is 3.32. The van der Waals surface area contributed by atoms with E-state index in [2.05, 4.69) is 22.4 Å². The highest BCUT2D eigenvalue weighted by Crippen LogP contribution is 2.19. The lowest BCUT2D eigenvalue weighted by molar-refractivity contribution is 0.100. The van der Waals surface area contributed by atoms with Crippen molar-refractivity contribution in [1.82, 2.24) is 15.2 Å². The maximum atomic E-state index is 12.4. The lowest BCUT2D eigenvalue weighted by Crippen LogP contribution is -2.46. The minimum atomic E-state index is 0.0112. The molecule has 132 valence electrons. The minimum absolute atomic E-state index is 0.0112. The van der Waals surface area contributed by atoms with Crippen LogP contribution < -0.4 is 5.32 Å². The van der Waals surface area contributed by atoms with Gasteiger partial charge in [0.05, 0.1) is 6.61 Å². The summed E-state index contributed by atoms with van der Waals surface area (Å²) in [5, 5.41) is 3.02. The van der Waals surface area contributed by atoms with Crippen LogP contribution in [0.25, 0.3) is 11.1 Å². The Balaban J connectivity index is 1.52. The summed E-state index contributed by atoms with van der Waals surface area (Å²) in [6.45, 7) is 2.86. The van der Waals surface area contributed by atoms with Crippen molar-refractivity contribution in [3.05, 3.63) is 54.4 Å². The van der Waals surface area contributed by atoms with Crippen molar-refractivity contribution < 1.29 is 9.53 Å². The molecule has 1 aliphatic rings. The molecule has 5 nitrogen and oxygen atoms in total. The van der Waals surface area contributed by atoms with Crippen LogP contribution in [-0.2, 0) is 11.3 Å². The van der Waals surface area contributed by atoms with Gasteiger partial charge < -0.3 is 15.0 Å². The zero-order valence-electron chi connectivity index (χ0n) is 14.6. The number of pyridine rings is 1. The van der Waals surface area contributed by atoms with Crippen molar-refractivity contribution in [2.75, 3.05) is 26.8 Å². The molecule has 1 fully saturated rings. The number of amides is 2. The largest absolute Gasteiger partial charge is 0.384 e. The van der Waals surface area contributed by atoms with E-state index in [0.717, 1.165) is 49.2 Å². The maximum absolute atomic E-state index is 12.4. The fraction of sp³-hybridized carbons (Fsp3) is 0.400. The molecule has 2 heterocycles. The van der Waals surface area contributed by atoms with Gasteiger partial charge in [-0.05, 0) is 35.6 Å². The van der Waals surface area contributed by atoms with Crippen molar-refractivity contribution >= 4 is 6.03 Å². The van der Waals surface area contributed by atoms with Gasteiger partial charge in [-0.25, -0.2) is 4.79 Å². The van der Waals surface area contributed by atoms with E-state index in [0.29, 0.717) is 12.5 Å². The van der Waals surface area contributed by atoms with Crippen LogP contribution in [0.2, 0.25) is 0 Å². The van der Waals surface area contributed by atoms with Crippen molar-refractivity contribution in [1.29, 1.82) is 0 Å². The van der Waals surface area contributed by atoms with Crippen LogP contribution in [0.1, 0.15) is 18.4 Å². The average molecular weight is 339 g/mol. The molecule has 0 bridgehead atoms. The van der Waals surface area contributed by atoms with Gasteiger partial charge in [0.2, 0.25) is 0 Å². The van der Waals surface area contributed by atoms with Crippen LogP contribution in [0.4, 0.5) is 4.79 Å². The number of methoxy groups -OCH3 is 1. The van der Waals surface area contributed by atoms with Gasteiger partial charge in [0.1, 0.15) is 0 Å². The van der Waals surface area contributed by atoms with Gasteiger partial charge in [0.15, 0.2) is 0 Å². The molecule has 0 radical (unpaired) electrons. The number of ether oxygens (including phenoxy) is 1. The van der Waals surface area contributed by atoms with Crippen molar-refractivity contribution in [3.63, 3.8) is 0 Å². The molecule has 25 heavy (non-hydrogen) atoms. The molecule has 3 rings (SSSR count). The van der Waals surface area contributed by atoms with Gasteiger partial charge in [0.25, 0.3) is 0 Å². The molecule has 0 spiro atoms. The van der Waals surface area contributed by atoms with Crippen LogP contribution in [0.3, 0.4) is 0 Å². The van der Waals surface area contributed by atoms with Gasteiger partial charge in [-0.15, -0.1) is 0 Å². The first-order valence-corrected chi connectivity index (χ1v) is 8.77. The molecule has 1 aromatic heterocycles. The van der Waals surface area contributed by atoms with Crippen molar-refractivity contribution in [2.24, 2.45) is 5.92 Å². The Bertz CT molecular complexity index is 671. The smallest absolute Gasteiger partial charge is 0.317 e. The normalized spacial score (nSPS) is 17.3. The van der Waals surface area contributed by atoms with E-state index in [1.165, 1.54) is 0 Å². The number of likely N-dealkylation sites (tertiary alicyclic amines) is 1. The number of hydrogen-bond acceptors (Lipinski definition) is 3. The van der Waals surface area contributed by atoms with Crippen LogP contribution in [-0.4, -0.2) is 42.7 Å². The molecule has 0 aliphatic carbocycles.